The number of nitrogens with zero attached hydrogens (tertiary/aromatic N) is 3. The molecule has 196 valence electrons. The zero-order chi connectivity index (χ0) is 26.4. The van der Waals surface area contributed by atoms with Crippen molar-refractivity contribution in [2.45, 2.75) is 24.7 Å². The van der Waals surface area contributed by atoms with E-state index in [0.29, 0.717) is 41.6 Å². The Kier molecular flexibility index (Phi) is 8.41. The number of carbonyl (C=O) groups is 1. The number of phenolic OH excluding ortho intramolecular Hbond substituents is 1. The minimum absolute atomic E-state index is 0.0441. The molecule has 0 bridgehead atoms. The third-order valence-corrected chi connectivity index (χ3v) is 8.56. The number of phenols is 1. The van der Waals surface area contributed by atoms with Gasteiger partial charge in [0.2, 0.25) is 15.2 Å². The van der Waals surface area contributed by atoms with E-state index in [4.69, 9.17) is 9.47 Å². The van der Waals surface area contributed by atoms with Crippen LogP contribution < -0.4 is 10.2 Å². The molecule has 10 nitrogen and oxygen atoms in total. The number of esters is 1. The van der Waals surface area contributed by atoms with Crippen LogP contribution in [0.15, 0.2) is 57.8 Å². The number of nitrogens with one attached hydrogen (secondary N) is 1. The molecule has 1 aliphatic rings. The van der Waals surface area contributed by atoms with Gasteiger partial charge in [-0.25, -0.2) is 13.4 Å². The summed E-state index contributed by atoms with van der Waals surface area (Å²) in [4.78, 5) is 16.7. The number of piperidine rings is 1. The minimum atomic E-state index is -3.71. The van der Waals surface area contributed by atoms with Crippen LogP contribution in [-0.2, 0) is 19.6 Å². The predicted octanol–water partition coefficient (Wildman–Crippen LogP) is 3.93. The van der Waals surface area contributed by atoms with E-state index in [0.717, 1.165) is 5.56 Å². The van der Waals surface area contributed by atoms with Crippen LogP contribution in [0.2, 0.25) is 0 Å². The number of sulfonamides is 1. The lowest BCUT2D eigenvalue weighted by Crippen LogP contribution is -2.40. The van der Waals surface area contributed by atoms with E-state index in [1.54, 1.807) is 49.5 Å². The largest absolute Gasteiger partial charge is 0.504 e. The van der Waals surface area contributed by atoms with Gasteiger partial charge in [-0.05, 0) is 55.7 Å². The zero-order valence-corrected chi connectivity index (χ0v) is 22.1. The lowest BCUT2D eigenvalue weighted by Gasteiger charge is -2.30. The summed E-state index contributed by atoms with van der Waals surface area (Å²) < 4.78 is 38.1. The molecule has 2 heterocycles. The van der Waals surface area contributed by atoms with E-state index < -0.39 is 10.0 Å². The van der Waals surface area contributed by atoms with Gasteiger partial charge in [0.15, 0.2) is 11.5 Å². The van der Waals surface area contributed by atoms with Crippen LogP contribution in [0.25, 0.3) is 11.3 Å². The number of carbonyl (C=O) groups excluding carboxylic acids is 1. The van der Waals surface area contributed by atoms with E-state index in [1.807, 2.05) is 5.38 Å². The van der Waals surface area contributed by atoms with Crippen LogP contribution in [0, 0.1) is 5.92 Å². The van der Waals surface area contributed by atoms with Gasteiger partial charge >= 0.3 is 5.97 Å². The smallest absolute Gasteiger partial charge is 0.309 e. The summed E-state index contributed by atoms with van der Waals surface area (Å²) in [7, 11) is -2.24. The van der Waals surface area contributed by atoms with Gasteiger partial charge < -0.3 is 14.6 Å². The first-order chi connectivity index (χ1) is 17.8. The number of hydrogen-bond acceptors (Lipinski definition) is 10. The maximum atomic E-state index is 13.3. The van der Waals surface area contributed by atoms with E-state index >= 15 is 0 Å². The average Bonchev–Trinajstić information content (AvgIpc) is 3.39. The van der Waals surface area contributed by atoms with Crippen molar-refractivity contribution in [2.75, 3.05) is 32.2 Å². The normalized spacial score (nSPS) is 15.1. The number of aromatic hydroxyl groups is 1. The molecule has 0 aliphatic carbocycles. The number of hydrazone groups is 1. The molecule has 1 aromatic heterocycles. The number of rotatable bonds is 9. The Morgan fingerprint density at radius 2 is 2.05 bits per heavy atom. The Hall–Kier alpha value is -3.48. The van der Waals surface area contributed by atoms with Crippen molar-refractivity contribution in [2.24, 2.45) is 11.0 Å². The summed E-state index contributed by atoms with van der Waals surface area (Å²) in [6, 6.07) is 11.5. The third kappa shape index (κ3) is 6.27. The molecule has 0 spiro atoms. The van der Waals surface area contributed by atoms with Crippen molar-refractivity contribution in [1.29, 1.82) is 0 Å². The van der Waals surface area contributed by atoms with Crippen molar-refractivity contribution in [3.05, 3.63) is 53.4 Å². The van der Waals surface area contributed by atoms with Gasteiger partial charge in [0.25, 0.3) is 0 Å². The molecule has 0 atom stereocenters. The SMILES string of the molecule is CCOC(=O)C1CCN(S(=O)(=O)c2cccc(-c3csc(NN=Cc4ccc(O)c(OC)c4)n3)c2)CC1. The molecule has 37 heavy (non-hydrogen) atoms. The number of hydrogen-bond donors (Lipinski definition) is 2. The molecule has 3 aromatic rings. The molecular formula is C25H28N4O6S2. The first kappa shape index (κ1) is 26.6. The average molecular weight is 545 g/mol. The summed E-state index contributed by atoms with van der Waals surface area (Å²) in [5, 5.41) is 16.2. The Balaban J connectivity index is 1.42. The monoisotopic (exact) mass is 544 g/mol. The van der Waals surface area contributed by atoms with E-state index in [2.05, 4.69) is 15.5 Å². The minimum Gasteiger partial charge on any atom is -0.504 e. The molecule has 1 aliphatic heterocycles. The fourth-order valence-corrected chi connectivity index (χ4v) is 6.14. The van der Waals surface area contributed by atoms with Gasteiger partial charge in [0.1, 0.15) is 0 Å². The lowest BCUT2D eigenvalue weighted by atomic mass is 9.98. The van der Waals surface area contributed by atoms with Crippen LogP contribution in [0.4, 0.5) is 5.13 Å². The van der Waals surface area contributed by atoms with Crippen molar-refractivity contribution >= 4 is 38.7 Å². The molecule has 1 fully saturated rings. The lowest BCUT2D eigenvalue weighted by molar-refractivity contribution is -0.149. The highest BCUT2D eigenvalue weighted by molar-refractivity contribution is 7.89. The predicted molar refractivity (Wildman–Crippen MR) is 142 cm³/mol. The number of methoxy groups -OCH3 is 1. The first-order valence-electron chi connectivity index (χ1n) is 11.7. The van der Waals surface area contributed by atoms with Gasteiger partial charge in [-0.1, -0.05) is 12.1 Å². The maximum Gasteiger partial charge on any atom is 0.309 e. The fraction of sp³-hybridized carbons (Fsp3) is 0.320. The van der Waals surface area contributed by atoms with E-state index in [9.17, 15) is 18.3 Å². The molecule has 2 N–H and O–H groups in total. The van der Waals surface area contributed by atoms with Crippen molar-refractivity contribution in [3.8, 4) is 22.8 Å². The third-order valence-electron chi connectivity index (χ3n) is 5.92. The van der Waals surface area contributed by atoms with Crippen molar-refractivity contribution in [3.63, 3.8) is 0 Å². The van der Waals surface area contributed by atoms with Crippen LogP contribution in [0.1, 0.15) is 25.3 Å². The Morgan fingerprint density at radius 3 is 2.78 bits per heavy atom. The first-order valence-corrected chi connectivity index (χ1v) is 14.0. The quantitative estimate of drug-likeness (QED) is 0.235. The highest BCUT2D eigenvalue weighted by Gasteiger charge is 2.32. The second kappa shape index (κ2) is 11.7. The summed E-state index contributed by atoms with van der Waals surface area (Å²) in [5.41, 5.74) is 4.87. The maximum absolute atomic E-state index is 13.3. The summed E-state index contributed by atoms with van der Waals surface area (Å²) in [6.07, 6.45) is 2.45. The number of aromatic nitrogens is 1. The fourth-order valence-electron chi connectivity index (χ4n) is 3.95. The molecule has 1 saturated heterocycles. The van der Waals surface area contributed by atoms with Crippen LogP contribution in [0.3, 0.4) is 0 Å². The van der Waals surface area contributed by atoms with Gasteiger partial charge in [-0.3, -0.25) is 10.2 Å². The molecule has 2 aromatic carbocycles. The van der Waals surface area contributed by atoms with Gasteiger partial charge in [0.05, 0.1) is 36.4 Å². The highest BCUT2D eigenvalue weighted by Crippen LogP contribution is 2.30. The zero-order valence-electron chi connectivity index (χ0n) is 20.5. The molecule has 4 rings (SSSR count). The molecular weight excluding hydrogens is 516 g/mol. The Labute approximate surface area is 219 Å². The number of anilines is 1. The standard InChI is InChI=1S/C25H28N4O6S2/c1-3-35-24(31)18-9-11-29(12-10-18)37(32,33)20-6-4-5-19(14-20)21-16-36-25(27-21)28-26-15-17-7-8-22(30)23(13-17)34-2/h4-8,13-16,18,30H,3,9-12H2,1-2H3,(H,27,28). The molecule has 0 saturated carbocycles. The summed E-state index contributed by atoms with van der Waals surface area (Å²) >= 11 is 1.33. The Morgan fingerprint density at radius 1 is 1.27 bits per heavy atom. The van der Waals surface area contributed by atoms with Gasteiger partial charge in [0, 0.05) is 24.0 Å². The summed E-state index contributed by atoms with van der Waals surface area (Å²) in [5.74, 6) is -0.139. The highest BCUT2D eigenvalue weighted by atomic mass is 32.2. The second-order valence-electron chi connectivity index (χ2n) is 8.30. The van der Waals surface area contributed by atoms with Crippen LogP contribution >= 0.6 is 11.3 Å². The molecule has 12 heteroatoms. The molecule has 0 unspecified atom stereocenters. The van der Waals surface area contributed by atoms with E-state index in [-0.39, 0.29) is 35.6 Å². The Bertz CT molecular complexity index is 1380. The van der Waals surface area contributed by atoms with Crippen LogP contribution in [-0.4, -0.2) is 61.8 Å². The molecule has 0 amide bonds. The van der Waals surface area contributed by atoms with Gasteiger partial charge in [-0.2, -0.15) is 9.41 Å². The van der Waals surface area contributed by atoms with Crippen molar-refractivity contribution < 1.29 is 27.8 Å². The summed E-state index contributed by atoms with van der Waals surface area (Å²) in [6.45, 7) is 2.62. The molecule has 0 radical (unpaired) electrons. The van der Waals surface area contributed by atoms with E-state index in [1.165, 1.54) is 28.8 Å². The van der Waals surface area contributed by atoms with Gasteiger partial charge in [-0.15, -0.1) is 11.3 Å². The second-order valence-corrected chi connectivity index (χ2v) is 11.1. The number of thiazole rings is 1. The van der Waals surface area contributed by atoms with Crippen molar-refractivity contribution in [1.82, 2.24) is 9.29 Å². The van der Waals surface area contributed by atoms with Crippen LogP contribution in [0.5, 0.6) is 11.5 Å². The topological polar surface area (TPSA) is 130 Å². The number of benzene rings is 2. The number of ether oxygens (including phenoxy) is 2.